The predicted molar refractivity (Wildman–Crippen MR) is 161 cm³/mol. The van der Waals surface area contributed by atoms with Gasteiger partial charge in [-0.25, -0.2) is 14.8 Å². The Kier molecular flexibility index (Phi) is 6.06. The molecule has 2 saturated heterocycles. The van der Waals surface area contributed by atoms with Crippen molar-refractivity contribution < 1.29 is 24.6 Å². The van der Waals surface area contributed by atoms with Crippen LogP contribution in [0.5, 0.6) is 0 Å². The van der Waals surface area contributed by atoms with Crippen LogP contribution >= 0.6 is 0 Å². The highest BCUT2D eigenvalue weighted by atomic mass is 16.5. The molecule has 4 amide bonds. The molecule has 44 heavy (non-hydrogen) atoms. The van der Waals surface area contributed by atoms with Crippen molar-refractivity contribution in [2.75, 3.05) is 24.5 Å². The van der Waals surface area contributed by atoms with E-state index >= 15 is 0 Å². The third-order valence-electron chi connectivity index (χ3n) is 8.88. The number of rotatable bonds is 5. The molecule has 4 aliphatic heterocycles. The maximum Gasteiger partial charge on any atom is 0.331 e. The van der Waals surface area contributed by atoms with Crippen LogP contribution in [-0.2, 0) is 4.79 Å². The second-order valence-corrected chi connectivity index (χ2v) is 11.5. The van der Waals surface area contributed by atoms with Gasteiger partial charge in [0.25, 0.3) is 11.8 Å². The molecule has 4 aliphatic rings. The lowest BCUT2D eigenvalue weighted by Crippen LogP contribution is -2.78. The number of urea groups is 1. The first-order chi connectivity index (χ1) is 21.0. The molecule has 0 radical (unpaired) electrons. The Morgan fingerprint density at radius 1 is 1.07 bits per heavy atom. The Hall–Kier alpha value is -5.21. The van der Waals surface area contributed by atoms with Gasteiger partial charge in [0.05, 0.1) is 12.6 Å². The van der Waals surface area contributed by atoms with E-state index in [1.165, 1.54) is 9.80 Å². The van der Waals surface area contributed by atoms with Crippen LogP contribution in [0.4, 0.5) is 10.5 Å². The van der Waals surface area contributed by atoms with Gasteiger partial charge in [0, 0.05) is 17.8 Å². The number of carbonyl (C=O) groups is 3. The van der Waals surface area contributed by atoms with Crippen LogP contribution in [0.1, 0.15) is 15.9 Å². The molecule has 14 heteroatoms. The summed E-state index contributed by atoms with van der Waals surface area (Å²) in [5.41, 5.74) is 12.6. The quantitative estimate of drug-likeness (QED) is 0.164. The lowest BCUT2D eigenvalue weighted by atomic mass is 9.84. The number of guanidine groups is 2. The molecule has 1 unspecified atom stereocenters. The highest BCUT2D eigenvalue weighted by Gasteiger charge is 2.73. The molecule has 14 nitrogen and oxygen atoms in total. The van der Waals surface area contributed by atoms with Crippen molar-refractivity contribution in [1.29, 1.82) is 0 Å². The third kappa shape index (κ3) is 3.91. The van der Waals surface area contributed by atoms with Crippen LogP contribution in [0.3, 0.4) is 0 Å². The van der Waals surface area contributed by atoms with Crippen molar-refractivity contribution in [3.8, 4) is 0 Å². The summed E-state index contributed by atoms with van der Waals surface area (Å²) in [5, 5.41) is 30.9. The summed E-state index contributed by atoms with van der Waals surface area (Å²) in [6.45, 7) is 1.39. The highest BCUT2D eigenvalue weighted by Crippen LogP contribution is 2.45. The van der Waals surface area contributed by atoms with Crippen LogP contribution < -0.4 is 27.0 Å². The van der Waals surface area contributed by atoms with Gasteiger partial charge in [-0.2, -0.15) is 0 Å². The zero-order valence-corrected chi connectivity index (χ0v) is 23.7. The Balaban J connectivity index is 1.18. The summed E-state index contributed by atoms with van der Waals surface area (Å²) >= 11 is 0. The van der Waals surface area contributed by atoms with E-state index in [-0.39, 0.29) is 31.6 Å². The van der Waals surface area contributed by atoms with Gasteiger partial charge in [0.1, 0.15) is 18.6 Å². The molecule has 2 fully saturated rings. The fraction of sp³-hybridized carbons (Fsp3) is 0.300. The van der Waals surface area contributed by atoms with Crippen LogP contribution in [0.2, 0.25) is 0 Å². The molecule has 0 aliphatic carbocycles. The number of nitrogens with zero attached hydrogens (tertiary/aromatic N) is 5. The van der Waals surface area contributed by atoms with Gasteiger partial charge in [0.2, 0.25) is 5.79 Å². The molecule has 0 aromatic heterocycles. The summed E-state index contributed by atoms with van der Waals surface area (Å²) in [4.78, 5) is 52.7. The van der Waals surface area contributed by atoms with Crippen molar-refractivity contribution in [2.24, 2.45) is 21.5 Å². The Bertz CT molecular complexity index is 1780. The minimum absolute atomic E-state index is 0.0901. The van der Waals surface area contributed by atoms with Gasteiger partial charge in [-0.15, -0.1) is 0 Å². The topological polar surface area (TPSA) is 202 Å². The molecule has 226 valence electrons. The van der Waals surface area contributed by atoms with Crippen molar-refractivity contribution in [3.05, 3.63) is 77.9 Å². The van der Waals surface area contributed by atoms with Gasteiger partial charge in [-0.05, 0) is 35.9 Å². The maximum absolute atomic E-state index is 13.6. The SMILES string of the molecule is Cc1ccc2cccc(C(=O)NC3CN4C(N)=N[C@@H](CN5C(=O)CN(c6ccccc6)C5=O)[C@@H]5N=C(N)N[C@@]54C3(O)O)c2c1. The largest absolute Gasteiger partial charge is 0.370 e. The molecular formula is C30H31N9O5. The van der Waals surface area contributed by atoms with Crippen LogP contribution in [0, 0.1) is 6.92 Å². The smallest absolute Gasteiger partial charge is 0.331 e. The summed E-state index contributed by atoms with van der Waals surface area (Å²) < 4.78 is 0. The number of hydrogen-bond donors (Lipinski definition) is 6. The molecule has 7 rings (SSSR count). The van der Waals surface area contributed by atoms with E-state index in [0.29, 0.717) is 11.3 Å². The molecule has 3 aromatic rings. The van der Waals surface area contributed by atoms with Crippen molar-refractivity contribution in [3.63, 3.8) is 0 Å². The number of aliphatic imine (C=N–C) groups is 2. The number of anilines is 1. The summed E-state index contributed by atoms with van der Waals surface area (Å²) in [7, 11) is 0. The number of amides is 4. The number of nitrogens with two attached hydrogens (primary N) is 2. The van der Waals surface area contributed by atoms with E-state index < -0.39 is 47.4 Å². The zero-order valence-electron chi connectivity index (χ0n) is 23.7. The molecule has 0 saturated carbocycles. The van der Waals surface area contributed by atoms with E-state index in [1.807, 2.05) is 31.2 Å². The first-order valence-corrected chi connectivity index (χ1v) is 14.2. The number of aryl methyl sites for hydroxylation is 1. The van der Waals surface area contributed by atoms with Crippen LogP contribution in [0.25, 0.3) is 10.8 Å². The van der Waals surface area contributed by atoms with E-state index in [0.717, 1.165) is 21.2 Å². The average molecular weight is 598 g/mol. The maximum atomic E-state index is 13.6. The first-order valence-electron chi connectivity index (χ1n) is 14.2. The van der Waals surface area contributed by atoms with E-state index in [1.54, 1.807) is 42.5 Å². The summed E-state index contributed by atoms with van der Waals surface area (Å²) in [5.74, 6) is -3.84. The number of aliphatic hydroxyl groups is 2. The molecule has 4 atom stereocenters. The van der Waals surface area contributed by atoms with Gasteiger partial charge < -0.3 is 37.2 Å². The lowest BCUT2D eigenvalue weighted by molar-refractivity contribution is -0.230. The molecule has 4 heterocycles. The van der Waals surface area contributed by atoms with Gasteiger partial charge in [-0.1, -0.05) is 54.1 Å². The Morgan fingerprint density at radius 2 is 1.84 bits per heavy atom. The second-order valence-electron chi connectivity index (χ2n) is 11.5. The standard InChI is InChI=1S/C30H31N9O5/c1-16-10-11-17-6-5-9-19(20(17)12-16)25(41)34-22-14-39-27(32)33-21(24-29(39,30(22,43)44)36-26(31)35-24)13-38-23(40)15-37(28(38)42)18-7-3-2-4-8-18/h2-12,21-22,24,43-44H,13-15H2,1H3,(H2,32,33)(H,34,41)(H3,31,35,36)/t21-,22?,24-,29-/m0/s1. The van der Waals surface area contributed by atoms with Crippen LogP contribution in [0.15, 0.2) is 76.7 Å². The van der Waals surface area contributed by atoms with Gasteiger partial charge in [-0.3, -0.25) is 19.4 Å². The average Bonchev–Trinajstić information content (AvgIpc) is 3.58. The first kappa shape index (κ1) is 27.6. The highest BCUT2D eigenvalue weighted by molar-refractivity contribution is 6.12. The number of hydrogen-bond acceptors (Lipinski definition) is 11. The van der Waals surface area contributed by atoms with Crippen LogP contribution in [-0.4, -0.2) is 99.0 Å². The van der Waals surface area contributed by atoms with E-state index in [4.69, 9.17) is 11.5 Å². The van der Waals surface area contributed by atoms with Crippen molar-refractivity contribution in [2.45, 2.75) is 36.5 Å². The van der Waals surface area contributed by atoms with Gasteiger partial charge >= 0.3 is 6.03 Å². The summed E-state index contributed by atoms with van der Waals surface area (Å²) in [6, 6.07) is 16.0. The number of carbonyl (C=O) groups excluding carboxylic acids is 3. The molecule has 3 aromatic carbocycles. The minimum Gasteiger partial charge on any atom is -0.370 e. The fourth-order valence-electron chi connectivity index (χ4n) is 6.77. The zero-order chi connectivity index (χ0) is 31.0. The Morgan fingerprint density at radius 3 is 2.61 bits per heavy atom. The Labute approximate surface area is 251 Å². The van der Waals surface area contributed by atoms with E-state index in [9.17, 15) is 24.6 Å². The van der Waals surface area contributed by atoms with Crippen molar-refractivity contribution >= 4 is 46.2 Å². The number of imide groups is 1. The predicted octanol–water partition coefficient (Wildman–Crippen LogP) is -0.608. The monoisotopic (exact) mass is 597 g/mol. The number of para-hydroxylation sites is 1. The summed E-state index contributed by atoms with van der Waals surface area (Å²) in [6.07, 6.45) is 0. The molecule has 0 bridgehead atoms. The van der Waals surface area contributed by atoms with Gasteiger partial charge in [0.15, 0.2) is 17.6 Å². The number of benzene rings is 3. The lowest BCUT2D eigenvalue weighted by Gasteiger charge is -2.49. The number of nitrogens with one attached hydrogen (secondary N) is 2. The number of fused-ring (bicyclic) bond motifs is 1. The van der Waals surface area contributed by atoms with Crippen molar-refractivity contribution in [1.82, 2.24) is 20.4 Å². The molecule has 1 spiro atoms. The molecular weight excluding hydrogens is 566 g/mol. The van der Waals surface area contributed by atoms with E-state index in [2.05, 4.69) is 20.6 Å². The third-order valence-corrected chi connectivity index (χ3v) is 8.88. The second kappa shape index (κ2) is 9.65. The minimum atomic E-state index is -2.67. The molecule has 8 N–H and O–H groups in total. The fourth-order valence-corrected chi connectivity index (χ4v) is 6.77. The normalized spacial score (nSPS) is 27.2.